The molecule has 1 aromatic rings. The van der Waals surface area contributed by atoms with Crippen molar-refractivity contribution in [2.75, 3.05) is 27.7 Å². The molecule has 1 fully saturated rings. The zero-order valence-corrected chi connectivity index (χ0v) is 13.5. The van der Waals surface area contributed by atoms with Gasteiger partial charge < -0.3 is 14.5 Å². The number of carbonyl (C=O) groups is 2. The molecule has 120 valence electrons. The van der Waals surface area contributed by atoms with Crippen LogP contribution in [-0.4, -0.2) is 55.5 Å². The highest BCUT2D eigenvalue weighted by Gasteiger charge is 2.41. The Balaban J connectivity index is 2.29. The van der Waals surface area contributed by atoms with Crippen molar-refractivity contribution in [3.8, 4) is 0 Å². The van der Waals surface area contributed by atoms with Gasteiger partial charge in [0.25, 0.3) is 0 Å². The Morgan fingerprint density at radius 2 is 2.05 bits per heavy atom. The van der Waals surface area contributed by atoms with Gasteiger partial charge in [0.2, 0.25) is 5.91 Å². The molecular weight excluding hydrogens is 280 g/mol. The molecule has 1 saturated heterocycles. The fraction of sp³-hybridized carbons (Fsp3) is 0.529. The average molecular weight is 304 g/mol. The van der Waals surface area contributed by atoms with Crippen molar-refractivity contribution in [1.29, 1.82) is 0 Å². The van der Waals surface area contributed by atoms with Crippen LogP contribution < -0.4 is 0 Å². The molecule has 1 heterocycles. The number of methoxy groups -OCH3 is 1. The van der Waals surface area contributed by atoms with Crippen LogP contribution in [0.4, 0.5) is 0 Å². The molecule has 5 nitrogen and oxygen atoms in total. The van der Waals surface area contributed by atoms with Crippen LogP contribution in [0.15, 0.2) is 30.3 Å². The van der Waals surface area contributed by atoms with Crippen molar-refractivity contribution < 1.29 is 14.3 Å². The first-order chi connectivity index (χ1) is 10.5. The fourth-order valence-corrected chi connectivity index (χ4v) is 2.98. The van der Waals surface area contributed by atoms with E-state index in [4.69, 9.17) is 4.74 Å². The van der Waals surface area contributed by atoms with Crippen LogP contribution in [-0.2, 0) is 14.3 Å². The molecule has 0 bridgehead atoms. The summed E-state index contributed by atoms with van der Waals surface area (Å²) in [4.78, 5) is 28.2. The van der Waals surface area contributed by atoms with Gasteiger partial charge in [-0.15, -0.1) is 0 Å². The maximum absolute atomic E-state index is 12.4. The first-order valence-electron chi connectivity index (χ1n) is 7.63. The van der Waals surface area contributed by atoms with Crippen LogP contribution >= 0.6 is 0 Å². The van der Waals surface area contributed by atoms with Crippen LogP contribution in [0.3, 0.4) is 0 Å². The first kappa shape index (κ1) is 16.5. The summed E-state index contributed by atoms with van der Waals surface area (Å²) in [6.07, 6.45) is 1.73. The largest absolute Gasteiger partial charge is 0.467 e. The van der Waals surface area contributed by atoms with Gasteiger partial charge in [0.15, 0.2) is 0 Å². The highest BCUT2D eigenvalue weighted by Crippen LogP contribution is 2.33. The smallest absolute Gasteiger partial charge is 0.328 e. The van der Waals surface area contributed by atoms with E-state index in [0.717, 1.165) is 18.5 Å². The minimum absolute atomic E-state index is 0.0306. The molecule has 0 N–H and O–H groups in total. The zero-order chi connectivity index (χ0) is 16.1. The number of rotatable bonds is 6. The van der Waals surface area contributed by atoms with Crippen molar-refractivity contribution in [2.45, 2.75) is 31.3 Å². The summed E-state index contributed by atoms with van der Waals surface area (Å²) >= 11 is 0. The normalized spacial score (nSPS) is 19.5. The molecule has 5 heteroatoms. The fourth-order valence-electron chi connectivity index (χ4n) is 2.98. The van der Waals surface area contributed by atoms with Crippen molar-refractivity contribution >= 4 is 11.9 Å². The minimum atomic E-state index is -0.468. The number of hydrogen-bond acceptors (Lipinski definition) is 4. The maximum Gasteiger partial charge on any atom is 0.328 e. The third-order valence-corrected chi connectivity index (χ3v) is 4.10. The third kappa shape index (κ3) is 3.65. The van der Waals surface area contributed by atoms with Crippen molar-refractivity contribution in [3.63, 3.8) is 0 Å². The lowest BCUT2D eigenvalue weighted by Crippen LogP contribution is -2.42. The maximum atomic E-state index is 12.4. The number of benzene rings is 1. The standard InChI is InChI=1S/C17H24N2O3/c1-18(2)12-11-14(13-7-5-4-6-8-13)19-15(17(21)22-3)9-10-16(19)20/h4-8,14-15H,9-12H2,1-3H3. The molecule has 0 aliphatic carbocycles. The topological polar surface area (TPSA) is 49.9 Å². The molecule has 0 radical (unpaired) electrons. The summed E-state index contributed by atoms with van der Waals surface area (Å²) in [7, 11) is 5.39. The molecular formula is C17H24N2O3. The van der Waals surface area contributed by atoms with E-state index in [-0.39, 0.29) is 17.9 Å². The molecule has 1 amide bonds. The van der Waals surface area contributed by atoms with Crippen LogP contribution in [0.2, 0.25) is 0 Å². The average Bonchev–Trinajstić information content (AvgIpc) is 2.89. The number of hydrogen-bond donors (Lipinski definition) is 0. The Kier molecular flexibility index (Phi) is 5.55. The van der Waals surface area contributed by atoms with E-state index in [1.165, 1.54) is 7.11 Å². The lowest BCUT2D eigenvalue weighted by molar-refractivity contribution is -0.151. The summed E-state index contributed by atoms with van der Waals surface area (Å²) in [5, 5.41) is 0. The monoisotopic (exact) mass is 304 g/mol. The molecule has 1 aliphatic heterocycles. The van der Waals surface area contributed by atoms with Gasteiger partial charge in [0, 0.05) is 6.42 Å². The summed E-state index contributed by atoms with van der Waals surface area (Å²) in [6, 6.07) is 9.35. The van der Waals surface area contributed by atoms with Gasteiger partial charge in [-0.1, -0.05) is 30.3 Å². The first-order valence-corrected chi connectivity index (χ1v) is 7.63. The van der Waals surface area contributed by atoms with Crippen LogP contribution in [0, 0.1) is 0 Å². The van der Waals surface area contributed by atoms with E-state index >= 15 is 0 Å². The molecule has 2 unspecified atom stereocenters. The van der Waals surface area contributed by atoms with Crippen LogP contribution in [0.1, 0.15) is 30.9 Å². The van der Waals surface area contributed by atoms with Crippen LogP contribution in [0.25, 0.3) is 0 Å². The molecule has 1 aromatic carbocycles. The van der Waals surface area contributed by atoms with Crippen molar-refractivity contribution in [3.05, 3.63) is 35.9 Å². The Bertz CT molecular complexity index is 516. The Hall–Kier alpha value is -1.88. The number of nitrogens with zero attached hydrogens (tertiary/aromatic N) is 2. The zero-order valence-electron chi connectivity index (χ0n) is 13.5. The molecule has 0 saturated carbocycles. The van der Waals surface area contributed by atoms with Gasteiger partial charge in [-0.2, -0.15) is 0 Å². The van der Waals surface area contributed by atoms with Gasteiger partial charge >= 0.3 is 5.97 Å². The predicted molar refractivity (Wildman–Crippen MR) is 84.2 cm³/mol. The molecule has 1 aliphatic rings. The van der Waals surface area contributed by atoms with Crippen LogP contribution in [0.5, 0.6) is 0 Å². The summed E-state index contributed by atoms with van der Waals surface area (Å²) in [6.45, 7) is 0.844. The number of esters is 1. The van der Waals surface area contributed by atoms with E-state index in [2.05, 4.69) is 4.90 Å². The number of ether oxygens (including phenoxy) is 1. The number of amides is 1. The molecule has 2 atom stereocenters. The van der Waals surface area contributed by atoms with Gasteiger partial charge in [0.1, 0.15) is 6.04 Å². The van der Waals surface area contributed by atoms with Gasteiger partial charge in [-0.25, -0.2) is 4.79 Å². The van der Waals surface area contributed by atoms with E-state index in [9.17, 15) is 9.59 Å². The second-order valence-electron chi connectivity index (χ2n) is 5.90. The van der Waals surface area contributed by atoms with E-state index in [1.807, 2.05) is 44.4 Å². The SMILES string of the molecule is COC(=O)C1CCC(=O)N1C(CCN(C)C)c1ccccc1. The summed E-state index contributed by atoms with van der Waals surface area (Å²) in [5.41, 5.74) is 1.06. The van der Waals surface area contributed by atoms with Crippen molar-refractivity contribution in [2.24, 2.45) is 0 Å². The van der Waals surface area contributed by atoms with Gasteiger partial charge in [0.05, 0.1) is 13.2 Å². The van der Waals surface area contributed by atoms with Gasteiger partial charge in [-0.3, -0.25) is 4.79 Å². The molecule has 0 aromatic heterocycles. The van der Waals surface area contributed by atoms with E-state index in [1.54, 1.807) is 4.90 Å². The Labute approximate surface area is 131 Å². The lowest BCUT2D eigenvalue weighted by atomic mass is 10.0. The highest BCUT2D eigenvalue weighted by atomic mass is 16.5. The van der Waals surface area contributed by atoms with Crippen molar-refractivity contribution in [1.82, 2.24) is 9.80 Å². The van der Waals surface area contributed by atoms with E-state index < -0.39 is 6.04 Å². The molecule has 2 rings (SSSR count). The second kappa shape index (κ2) is 7.40. The minimum Gasteiger partial charge on any atom is -0.467 e. The second-order valence-corrected chi connectivity index (χ2v) is 5.90. The summed E-state index contributed by atoms with van der Waals surface area (Å²) < 4.78 is 4.88. The third-order valence-electron chi connectivity index (χ3n) is 4.10. The quantitative estimate of drug-likeness (QED) is 0.753. The van der Waals surface area contributed by atoms with E-state index in [0.29, 0.717) is 12.8 Å². The lowest BCUT2D eigenvalue weighted by Gasteiger charge is -2.33. The molecule has 22 heavy (non-hydrogen) atoms. The Morgan fingerprint density at radius 1 is 1.36 bits per heavy atom. The molecule has 0 spiro atoms. The predicted octanol–water partition coefficient (Wildman–Crippen LogP) is 1.84. The number of carbonyl (C=O) groups excluding carboxylic acids is 2. The van der Waals surface area contributed by atoms with Gasteiger partial charge in [-0.05, 0) is 39.0 Å². The number of likely N-dealkylation sites (tertiary alicyclic amines) is 1. The summed E-state index contributed by atoms with van der Waals surface area (Å²) in [5.74, 6) is -0.292. The highest BCUT2D eigenvalue weighted by molar-refractivity contribution is 5.88. The Morgan fingerprint density at radius 3 is 2.64 bits per heavy atom.